The van der Waals surface area contributed by atoms with Crippen LogP contribution >= 0.6 is 0 Å². The minimum absolute atomic E-state index is 0.00604. The van der Waals surface area contributed by atoms with Gasteiger partial charge in [0.1, 0.15) is 0 Å². The van der Waals surface area contributed by atoms with E-state index in [0.717, 1.165) is 19.3 Å². The summed E-state index contributed by atoms with van der Waals surface area (Å²) in [6, 6.07) is 0. The summed E-state index contributed by atoms with van der Waals surface area (Å²) in [7, 11) is -3.19. The van der Waals surface area contributed by atoms with Gasteiger partial charge in [0.05, 0.1) is 6.26 Å². The van der Waals surface area contributed by atoms with E-state index >= 15 is 0 Å². The summed E-state index contributed by atoms with van der Waals surface area (Å²) >= 11 is 0. The molecule has 2 rings (SSSR count). The molecule has 2 fully saturated rings. The van der Waals surface area contributed by atoms with Crippen LogP contribution in [0.25, 0.3) is 0 Å². The van der Waals surface area contributed by atoms with Gasteiger partial charge in [0, 0.05) is 45.6 Å². The minimum Gasteiger partial charge on any atom is -0.396 e. The van der Waals surface area contributed by atoms with Crippen molar-refractivity contribution in [2.75, 3.05) is 39.0 Å². The molecule has 116 valence electrons. The van der Waals surface area contributed by atoms with Crippen molar-refractivity contribution in [3.8, 4) is 0 Å². The number of rotatable bonds is 2. The first-order valence-electron chi connectivity index (χ1n) is 7.10. The Morgan fingerprint density at radius 3 is 2.25 bits per heavy atom. The first-order valence-corrected chi connectivity index (χ1v) is 8.95. The lowest BCUT2D eigenvalue weighted by atomic mass is 9.65. The number of likely N-dealkylation sites (tertiary alicyclic amines) is 1. The van der Waals surface area contributed by atoms with Crippen LogP contribution in [-0.2, 0) is 14.8 Å². The molecule has 20 heavy (non-hydrogen) atoms. The SMILES string of the molecule is CC(=O)N1CCC2(CC1)CCN(S(C)(=O)=O)CC2CO. The molecule has 0 bridgehead atoms. The number of hydrogen-bond donors (Lipinski definition) is 1. The number of sulfonamides is 1. The number of carbonyl (C=O) groups excluding carboxylic acids is 1. The Bertz CT molecular complexity index is 469. The standard InChI is InChI=1S/C13H24N2O4S/c1-11(17)14-6-3-13(4-7-14)5-8-15(20(2,18)19)9-12(13)10-16/h12,16H,3-10H2,1-2H3. The van der Waals surface area contributed by atoms with E-state index in [9.17, 15) is 18.3 Å². The molecule has 0 radical (unpaired) electrons. The highest BCUT2D eigenvalue weighted by Gasteiger charge is 2.46. The highest BCUT2D eigenvalue weighted by molar-refractivity contribution is 7.88. The maximum absolute atomic E-state index is 11.7. The number of piperidine rings is 2. The zero-order valence-corrected chi connectivity index (χ0v) is 13.0. The average Bonchev–Trinajstić information content (AvgIpc) is 2.38. The minimum atomic E-state index is -3.19. The van der Waals surface area contributed by atoms with E-state index in [-0.39, 0.29) is 23.8 Å². The third-order valence-electron chi connectivity index (χ3n) is 5.04. The quantitative estimate of drug-likeness (QED) is 0.772. The summed E-state index contributed by atoms with van der Waals surface area (Å²) in [5, 5.41) is 9.67. The van der Waals surface area contributed by atoms with Crippen LogP contribution in [-0.4, -0.2) is 67.7 Å². The number of carbonyl (C=O) groups is 1. The maximum atomic E-state index is 11.7. The lowest BCUT2D eigenvalue weighted by Crippen LogP contribution is -2.54. The molecular weight excluding hydrogens is 280 g/mol. The molecule has 1 unspecified atom stereocenters. The van der Waals surface area contributed by atoms with Gasteiger partial charge < -0.3 is 10.0 Å². The van der Waals surface area contributed by atoms with Crippen LogP contribution in [0.15, 0.2) is 0 Å². The average molecular weight is 304 g/mol. The van der Waals surface area contributed by atoms with E-state index in [0.29, 0.717) is 26.2 Å². The van der Waals surface area contributed by atoms with Gasteiger partial charge in [0.15, 0.2) is 0 Å². The van der Waals surface area contributed by atoms with E-state index in [2.05, 4.69) is 0 Å². The van der Waals surface area contributed by atoms with Gasteiger partial charge in [0.25, 0.3) is 0 Å². The van der Waals surface area contributed by atoms with Crippen LogP contribution in [0.4, 0.5) is 0 Å². The third-order valence-corrected chi connectivity index (χ3v) is 6.31. The second-order valence-electron chi connectivity index (χ2n) is 6.12. The second-order valence-corrected chi connectivity index (χ2v) is 8.10. The number of amides is 1. The van der Waals surface area contributed by atoms with E-state index in [1.165, 1.54) is 10.6 Å². The predicted octanol–water partition coefficient (Wildman–Crippen LogP) is -0.111. The van der Waals surface area contributed by atoms with Crippen molar-refractivity contribution in [2.24, 2.45) is 11.3 Å². The molecular formula is C13H24N2O4S. The summed E-state index contributed by atoms with van der Waals surface area (Å²) in [6.07, 6.45) is 3.71. The lowest BCUT2D eigenvalue weighted by Gasteiger charge is -2.50. The van der Waals surface area contributed by atoms with Crippen molar-refractivity contribution in [1.29, 1.82) is 0 Å². The van der Waals surface area contributed by atoms with Crippen LogP contribution in [0, 0.1) is 11.3 Å². The molecule has 1 atom stereocenters. The smallest absolute Gasteiger partial charge is 0.219 e. The monoisotopic (exact) mass is 304 g/mol. The fourth-order valence-corrected chi connectivity index (χ4v) is 4.43. The predicted molar refractivity (Wildman–Crippen MR) is 75.5 cm³/mol. The van der Waals surface area contributed by atoms with Gasteiger partial charge in [-0.25, -0.2) is 12.7 Å². The van der Waals surface area contributed by atoms with E-state index in [1.54, 1.807) is 6.92 Å². The van der Waals surface area contributed by atoms with Crippen molar-refractivity contribution in [2.45, 2.75) is 26.2 Å². The van der Waals surface area contributed by atoms with Crippen LogP contribution < -0.4 is 0 Å². The summed E-state index contributed by atoms with van der Waals surface area (Å²) in [4.78, 5) is 13.2. The Hall–Kier alpha value is -0.660. The van der Waals surface area contributed by atoms with E-state index in [4.69, 9.17) is 0 Å². The highest BCUT2D eigenvalue weighted by Crippen LogP contribution is 2.45. The van der Waals surface area contributed by atoms with Crippen LogP contribution in [0.5, 0.6) is 0 Å². The fraction of sp³-hybridized carbons (Fsp3) is 0.923. The second kappa shape index (κ2) is 5.61. The summed E-state index contributed by atoms with van der Waals surface area (Å²) < 4.78 is 24.8. The molecule has 0 saturated carbocycles. The topological polar surface area (TPSA) is 77.9 Å². The summed E-state index contributed by atoms with van der Waals surface area (Å²) in [5.41, 5.74) is -0.0120. The number of aliphatic hydroxyl groups is 1. The van der Waals surface area contributed by atoms with E-state index in [1.807, 2.05) is 4.90 Å². The Morgan fingerprint density at radius 2 is 1.80 bits per heavy atom. The Labute approximate surface area is 120 Å². The molecule has 2 aliphatic rings. The van der Waals surface area contributed by atoms with Crippen LogP contribution in [0.3, 0.4) is 0 Å². The molecule has 6 nitrogen and oxygen atoms in total. The zero-order chi connectivity index (χ0) is 15.0. The van der Waals surface area contributed by atoms with Crippen molar-refractivity contribution in [3.63, 3.8) is 0 Å². The van der Waals surface area contributed by atoms with Gasteiger partial charge in [-0.15, -0.1) is 0 Å². The first-order chi connectivity index (χ1) is 9.28. The molecule has 2 saturated heterocycles. The number of nitrogens with zero attached hydrogens (tertiary/aromatic N) is 2. The molecule has 2 heterocycles. The Balaban J connectivity index is 2.08. The summed E-state index contributed by atoms with van der Waals surface area (Å²) in [5.74, 6) is 0.0639. The van der Waals surface area contributed by atoms with Crippen LogP contribution in [0.1, 0.15) is 26.2 Å². The van der Waals surface area contributed by atoms with Gasteiger partial charge in [-0.05, 0) is 24.7 Å². The molecule has 0 aromatic rings. The van der Waals surface area contributed by atoms with Gasteiger partial charge in [0.2, 0.25) is 15.9 Å². The Morgan fingerprint density at radius 1 is 1.25 bits per heavy atom. The molecule has 1 N–H and O–H groups in total. The first kappa shape index (κ1) is 15.7. The normalized spacial score (nSPS) is 27.8. The van der Waals surface area contributed by atoms with Crippen molar-refractivity contribution >= 4 is 15.9 Å². The molecule has 1 amide bonds. The fourth-order valence-electron chi connectivity index (χ4n) is 3.56. The molecule has 1 spiro atoms. The molecule has 0 aliphatic carbocycles. The van der Waals surface area contributed by atoms with Crippen molar-refractivity contribution < 1.29 is 18.3 Å². The van der Waals surface area contributed by atoms with Gasteiger partial charge >= 0.3 is 0 Å². The van der Waals surface area contributed by atoms with Crippen molar-refractivity contribution in [3.05, 3.63) is 0 Å². The van der Waals surface area contributed by atoms with Crippen LogP contribution in [0.2, 0.25) is 0 Å². The lowest BCUT2D eigenvalue weighted by molar-refractivity contribution is -0.132. The maximum Gasteiger partial charge on any atom is 0.219 e. The Kier molecular flexibility index (Phi) is 4.41. The molecule has 0 aromatic carbocycles. The van der Waals surface area contributed by atoms with Gasteiger partial charge in [-0.2, -0.15) is 0 Å². The number of hydrogen-bond acceptors (Lipinski definition) is 4. The summed E-state index contributed by atoms with van der Waals surface area (Å²) in [6.45, 7) is 3.93. The highest BCUT2D eigenvalue weighted by atomic mass is 32.2. The van der Waals surface area contributed by atoms with Crippen molar-refractivity contribution in [1.82, 2.24) is 9.21 Å². The third kappa shape index (κ3) is 2.99. The van der Waals surface area contributed by atoms with Gasteiger partial charge in [-0.1, -0.05) is 0 Å². The number of aliphatic hydroxyl groups excluding tert-OH is 1. The molecule has 2 aliphatic heterocycles. The molecule has 0 aromatic heterocycles. The molecule has 7 heteroatoms. The largest absolute Gasteiger partial charge is 0.396 e. The zero-order valence-electron chi connectivity index (χ0n) is 12.2. The van der Waals surface area contributed by atoms with Gasteiger partial charge in [-0.3, -0.25) is 4.79 Å². The van der Waals surface area contributed by atoms with E-state index < -0.39 is 10.0 Å².